The number of Topliss-reactive ketones (excluding diaryl/α,β-unsaturated/α-hetero) is 1. The molecule has 2 aromatic rings. The van der Waals surface area contributed by atoms with Crippen molar-refractivity contribution < 1.29 is 9.53 Å². The van der Waals surface area contributed by atoms with Crippen LogP contribution in [0.25, 0.3) is 0 Å². The van der Waals surface area contributed by atoms with Crippen molar-refractivity contribution in [3.8, 4) is 5.75 Å². The minimum Gasteiger partial charge on any atom is -0.497 e. The van der Waals surface area contributed by atoms with Gasteiger partial charge in [0.1, 0.15) is 5.75 Å². The normalized spacial score (nSPS) is 9.95. The average Bonchev–Trinajstić information content (AvgIpc) is 2.48. The molecule has 0 spiro atoms. The standard InChI is InChI=1S/C16H17NO2/c1-19-15-9-5-6-13(12-15)16(18)10-11-17-14-7-3-2-4-8-14/h2-9,12,17H,10-11H2,1H3. The molecular weight excluding hydrogens is 238 g/mol. The number of hydrogen-bond acceptors (Lipinski definition) is 3. The van der Waals surface area contributed by atoms with E-state index in [1.807, 2.05) is 48.5 Å². The lowest BCUT2D eigenvalue weighted by atomic mass is 10.1. The van der Waals surface area contributed by atoms with Gasteiger partial charge in [-0.15, -0.1) is 0 Å². The zero-order chi connectivity index (χ0) is 13.5. The SMILES string of the molecule is COc1cccc(C(=O)CCNc2ccccc2)c1. The number of benzene rings is 2. The third-order valence-electron chi connectivity index (χ3n) is 2.85. The molecule has 0 aliphatic heterocycles. The van der Waals surface area contributed by atoms with Crippen molar-refractivity contribution in [2.24, 2.45) is 0 Å². The van der Waals surface area contributed by atoms with Crippen LogP contribution in [0, 0.1) is 0 Å². The molecule has 0 aliphatic carbocycles. The van der Waals surface area contributed by atoms with Gasteiger partial charge in [-0.3, -0.25) is 4.79 Å². The molecule has 0 saturated carbocycles. The Hall–Kier alpha value is -2.29. The van der Waals surface area contributed by atoms with E-state index in [0.717, 1.165) is 5.69 Å². The summed E-state index contributed by atoms with van der Waals surface area (Å²) < 4.78 is 5.11. The predicted octanol–water partition coefficient (Wildman–Crippen LogP) is 3.38. The Morgan fingerprint density at radius 3 is 2.63 bits per heavy atom. The highest BCUT2D eigenvalue weighted by molar-refractivity contribution is 5.96. The third-order valence-corrected chi connectivity index (χ3v) is 2.85. The van der Waals surface area contributed by atoms with E-state index in [0.29, 0.717) is 24.3 Å². The number of carbonyl (C=O) groups excluding carboxylic acids is 1. The monoisotopic (exact) mass is 255 g/mol. The first kappa shape index (κ1) is 13.1. The van der Waals surface area contributed by atoms with Crippen molar-refractivity contribution in [1.29, 1.82) is 0 Å². The van der Waals surface area contributed by atoms with Crippen molar-refractivity contribution in [3.63, 3.8) is 0 Å². The Bertz CT molecular complexity index is 537. The number of hydrogen-bond donors (Lipinski definition) is 1. The number of carbonyl (C=O) groups is 1. The topological polar surface area (TPSA) is 38.3 Å². The highest BCUT2D eigenvalue weighted by Gasteiger charge is 2.06. The largest absolute Gasteiger partial charge is 0.497 e. The molecule has 2 rings (SSSR count). The number of methoxy groups -OCH3 is 1. The number of ketones is 1. The minimum absolute atomic E-state index is 0.113. The summed E-state index contributed by atoms with van der Waals surface area (Å²) in [5.74, 6) is 0.823. The van der Waals surface area contributed by atoms with Crippen LogP contribution in [-0.2, 0) is 0 Å². The second-order valence-electron chi connectivity index (χ2n) is 4.20. The Balaban J connectivity index is 1.87. The lowest BCUT2D eigenvalue weighted by Crippen LogP contribution is -2.08. The molecule has 3 nitrogen and oxygen atoms in total. The Kier molecular flexibility index (Phi) is 4.56. The fourth-order valence-electron chi connectivity index (χ4n) is 1.82. The van der Waals surface area contributed by atoms with Crippen LogP contribution in [-0.4, -0.2) is 19.4 Å². The van der Waals surface area contributed by atoms with Crippen molar-refractivity contribution >= 4 is 11.5 Å². The summed E-state index contributed by atoms with van der Waals surface area (Å²) in [5.41, 5.74) is 1.72. The fourth-order valence-corrected chi connectivity index (χ4v) is 1.82. The molecule has 0 radical (unpaired) electrons. The molecule has 0 aliphatic rings. The van der Waals surface area contributed by atoms with Crippen LogP contribution >= 0.6 is 0 Å². The van der Waals surface area contributed by atoms with Crippen molar-refractivity contribution in [2.75, 3.05) is 19.0 Å². The van der Waals surface area contributed by atoms with E-state index >= 15 is 0 Å². The first-order chi connectivity index (χ1) is 9.29. The first-order valence-electron chi connectivity index (χ1n) is 6.26. The van der Waals surface area contributed by atoms with Gasteiger partial charge in [0.2, 0.25) is 0 Å². The van der Waals surface area contributed by atoms with Gasteiger partial charge in [-0.1, -0.05) is 30.3 Å². The molecule has 0 bridgehead atoms. The number of rotatable bonds is 6. The van der Waals surface area contributed by atoms with Gasteiger partial charge in [0, 0.05) is 24.2 Å². The van der Waals surface area contributed by atoms with Crippen molar-refractivity contribution in [3.05, 3.63) is 60.2 Å². The maximum atomic E-state index is 12.0. The van der Waals surface area contributed by atoms with E-state index in [1.165, 1.54) is 0 Å². The molecule has 0 amide bonds. The van der Waals surface area contributed by atoms with Gasteiger partial charge in [-0.2, -0.15) is 0 Å². The molecule has 19 heavy (non-hydrogen) atoms. The van der Waals surface area contributed by atoms with E-state index < -0.39 is 0 Å². The second-order valence-corrected chi connectivity index (χ2v) is 4.20. The number of anilines is 1. The molecule has 3 heteroatoms. The lowest BCUT2D eigenvalue weighted by molar-refractivity contribution is 0.0986. The highest BCUT2D eigenvalue weighted by atomic mass is 16.5. The molecule has 2 aromatic carbocycles. The maximum absolute atomic E-state index is 12.0. The van der Waals surface area contributed by atoms with Gasteiger partial charge in [0.25, 0.3) is 0 Å². The van der Waals surface area contributed by atoms with Crippen LogP contribution in [0.5, 0.6) is 5.75 Å². The molecule has 0 fully saturated rings. The Morgan fingerprint density at radius 2 is 1.89 bits per heavy atom. The van der Waals surface area contributed by atoms with E-state index in [9.17, 15) is 4.79 Å². The van der Waals surface area contributed by atoms with Gasteiger partial charge in [0.05, 0.1) is 7.11 Å². The molecule has 0 saturated heterocycles. The highest BCUT2D eigenvalue weighted by Crippen LogP contribution is 2.14. The quantitative estimate of drug-likeness (QED) is 0.804. The summed E-state index contributed by atoms with van der Waals surface area (Å²) in [4.78, 5) is 12.0. The van der Waals surface area contributed by atoms with Crippen LogP contribution in [0.4, 0.5) is 5.69 Å². The Morgan fingerprint density at radius 1 is 1.11 bits per heavy atom. The fraction of sp³-hybridized carbons (Fsp3) is 0.188. The zero-order valence-electron chi connectivity index (χ0n) is 10.9. The van der Waals surface area contributed by atoms with E-state index in [-0.39, 0.29) is 5.78 Å². The van der Waals surface area contributed by atoms with Crippen molar-refractivity contribution in [1.82, 2.24) is 0 Å². The van der Waals surface area contributed by atoms with Gasteiger partial charge < -0.3 is 10.1 Å². The molecule has 98 valence electrons. The molecule has 1 N–H and O–H groups in total. The molecular formula is C16H17NO2. The van der Waals surface area contributed by atoms with Crippen LogP contribution in [0.3, 0.4) is 0 Å². The number of para-hydroxylation sites is 1. The summed E-state index contributed by atoms with van der Waals surface area (Å²) in [6.45, 7) is 0.625. The molecule has 0 atom stereocenters. The van der Waals surface area contributed by atoms with Crippen LogP contribution in [0.1, 0.15) is 16.8 Å². The molecule has 0 aromatic heterocycles. The minimum atomic E-state index is 0.113. The summed E-state index contributed by atoms with van der Waals surface area (Å²) in [6, 6.07) is 17.1. The summed E-state index contributed by atoms with van der Waals surface area (Å²) in [7, 11) is 1.60. The van der Waals surface area contributed by atoms with Gasteiger partial charge >= 0.3 is 0 Å². The van der Waals surface area contributed by atoms with E-state index in [4.69, 9.17) is 4.74 Å². The average molecular weight is 255 g/mol. The summed E-state index contributed by atoms with van der Waals surface area (Å²) in [5, 5.41) is 3.22. The summed E-state index contributed by atoms with van der Waals surface area (Å²) in [6.07, 6.45) is 0.460. The van der Waals surface area contributed by atoms with Crippen LogP contribution < -0.4 is 10.1 Å². The molecule has 0 unspecified atom stereocenters. The number of ether oxygens (including phenoxy) is 1. The van der Waals surface area contributed by atoms with Gasteiger partial charge in [-0.25, -0.2) is 0 Å². The second kappa shape index (κ2) is 6.59. The van der Waals surface area contributed by atoms with Gasteiger partial charge in [0.15, 0.2) is 5.78 Å². The third kappa shape index (κ3) is 3.85. The van der Waals surface area contributed by atoms with E-state index in [2.05, 4.69) is 5.32 Å². The number of nitrogens with one attached hydrogen (secondary N) is 1. The van der Waals surface area contributed by atoms with Crippen molar-refractivity contribution in [2.45, 2.75) is 6.42 Å². The zero-order valence-corrected chi connectivity index (χ0v) is 10.9. The van der Waals surface area contributed by atoms with Crippen LogP contribution in [0.2, 0.25) is 0 Å². The molecule has 0 heterocycles. The van der Waals surface area contributed by atoms with Crippen LogP contribution in [0.15, 0.2) is 54.6 Å². The maximum Gasteiger partial charge on any atom is 0.164 e. The van der Waals surface area contributed by atoms with Gasteiger partial charge in [-0.05, 0) is 24.3 Å². The summed E-state index contributed by atoms with van der Waals surface area (Å²) >= 11 is 0. The first-order valence-corrected chi connectivity index (χ1v) is 6.26. The Labute approximate surface area is 113 Å². The van der Waals surface area contributed by atoms with E-state index in [1.54, 1.807) is 13.2 Å². The smallest absolute Gasteiger partial charge is 0.164 e. The predicted molar refractivity (Wildman–Crippen MR) is 76.9 cm³/mol. The lowest BCUT2D eigenvalue weighted by Gasteiger charge is -2.06.